The van der Waals surface area contributed by atoms with E-state index in [-0.39, 0.29) is 6.29 Å². The molecule has 0 aromatic heterocycles. The molecule has 0 saturated carbocycles. The summed E-state index contributed by atoms with van der Waals surface area (Å²) in [4.78, 5) is 0. The van der Waals surface area contributed by atoms with Gasteiger partial charge >= 0.3 is 0 Å². The van der Waals surface area contributed by atoms with Crippen LogP contribution in [0.25, 0.3) is 11.1 Å². The lowest BCUT2D eigenvalue weighted by atomic mass is 10.1. The van der Waals surface area contributed by atoms with Gasteiger partial charge in [-0.15, -0.1) is 0 Å². The molecule has 0 bridgehead atoms. The first kappa shape index (κ1) is 16.4. The van der Waals surface area contributed by atoms with Crippen molar-refractivity contribution < 1.29 is 9.47 Å². The van der Waals surface area contributed by atoms with Gasteiger partial charge in [0.15, 0.2) is 6.29 Å². The van der Waals surface area contributed by atoms with Crippen LogP contribution in [-0.4, -0.2) is 19.5 Å². The van der Waals surface area contributed by atoms with E-state index < -0.39 is 0 Å². The van der Waals surface area contributed by atoms with Gasteiger partial charge in [-0.2, -0.15) is 0 Å². The molecule has 2 heteroatoms. The Labute approximate surface area is 122 Å². The summed E-state index contributed by atoms with van der Waals surface area (Å²) in [5, 5.41) is 0. The van der Waals surface area contributed by atoms with Crippen molar-refractivity contribution >= 4 is 0 Å². The molecule has 0 aliphatic rings. The number of hydrogen-bond acceptors (Lipinski definition) is 2. The van der Waals surface area contributed by atoms with Crippen molar-refractivity contribution in [3.05, 3.63) is 60.7 Å². The zero-order valence-electron chi connectivity index (χ0n) is 12.6. The lowest BCUT2D eigenvalue weighted by molar-refractivity contribution is -0.123. The van der Waals surface area contributed by atoms with Crippen LogP contribution in [0.1, 0.15) is 20.8 Å². The van der Waals surface area contributed by atoms with Crippen molar-refractivity contribution in [1.82, 2.24) is 0 Å². The Morgan fingerprint density at radius 1 is 0.700 bits per heavy atom. The Balaban J connectivity index is 0.000000221. The molecule has 0 atom stereocenters. The maximum absolute atomic E-state index is 5.06. The molecule has 0 radical (unpaired) electrons. The van der Waals surface area contributed by atoms with Crippen LogP contribution in [0.15, 0.2) is 60.7 Å². The van der Waals surface area contributed by atoms with E-state index >= 15 is 0 Å². The van der Waals surface area contributed by atoms with Gasteiger partial charge in [-0.1, -0.05) is 60.7 Å². The highest BCUT2D eigenvalue weighted by Crippen LogP contribution is 2.17. The maximum Gasteiger partial charge on any atom is 0.154 e. The number of hydrogen-bond donors (Lipinski definition) is 0. The minimum absolute atomic E-state index is 0.0370. The topological polar surface area (TPSA) is 18.5 Å². The van der Waals surface area contributed by atoms with E-state index in [1.54, 1.807) is 0 Å². The van der Waals surface area contributed by atoms with Crippen LogP contribution in [0.3, 0.4) is 0 Å². The third-order valence-electron chi connectivity index (χ3n) is 2.68. The van der Waals surface area contributed by atoms with Gasteiger partial charge in [0.2, 0.25) is 0 Å². The lowest BCUT2D eigenvalue weighted by Crippen LogP contribution is -2.11. The molecule has 0 heterocycles. The van der Waals surface area contributed by atoms with Crippen LogP contribution in [0, 0.1) is 0 Å². The van der Waals surface area contributed by atoms with E-state index in [1.807, 2.05) is 32.9 Å². The normalized spacial score (nSPS) is 10.0. The van der Waals surface area contributed by atoms with Crippen LogP contribution < -0.4 is 0 Å². The minimum Gasteiger partial charge on any atom is -0.353 e. The van der Waals surface area contributed by atoms with Gasteiger partial charge in [0.25, 0.3) is 0 Å². The summed E-state index contributed by atoms with van der Waals surface area (Å²) in [6.45, 7) is 7.25. The largest absolute Gasteiger partial charge is 0.353 e. The number of benzene rings is 2. The molecule has 0 amide bonds. The molecule has 0 saturated heterocycles. The molecule has 2 aromatic carbocycles. The van der Waals surface area contributed by atoms with E-state index in [0.29, 0.717) is 0 Å². The summed E-state index contributed by atoms with van der Waals surface area (Å²) in [6, 6.07) is 20.8. The third kappa shape index (κ3) is 6.50. The third-order valence-corrected chi connectivity index (χ3v) is 2.68. The standard InChI is InChI=1S/C12H10.C6H14O2/c1-3-7-11(8-4-1)12-9-5-2-6-10-12;1-4-7-6(3)8-5-2/h1-10H;6H,4-5H2,1-3H3. The Hall–Kier alpha value is -1.64. The second-order valence-corrected chi connectivity index (χ2v) is 4.21. The molecule has 0 aliphatic heterocycles. The summed E-state index contributed by atoms with van der Waals surface area (Å²) >= 11 is 0. The summed E-state index contributed by atoms with van der Waals surface area (Å²) in [5.74, 6) is 0. The monoisotopic (exact) mass is 272 g/mol. The first-order chi connectivity index (χ1) is 9.77. The van der Waals surface area contributed by atoms with Crippen molar-refractivity contribution in [1.29, 1.82) is 0 Å². The van der Waals surface area contributed by atoms with Crippen LogP contribution in [0.5, 0.6) is 0 Å². The fourth-order valence-electron chi connectivity index (χ4n) is 1.78. The second kappa shape index (κ2) is 10.2. The number of ether oxygens (including phenoxy) is 2. The van der Waals surface area contributed by atoms with Gasteiger partial charge in [-0.05, 0) is 31.9 Å². The molecule has 20 heavy (non-hydrogen) atoms. The molecular weight excluding hydrogens is 248 g/mol. The van der Waals surface area contributed by atoms with Gasteiger partial charge in [-0.3, -0.25) is 0 Å². The fourth-order valence-corrected chi connectivity index (χ4v) is 1.78. The number of rotatable bonds is 5. The summed E-state index contributed by atoms with van der Waals surface area (Å²) < 4.78 is 10.1. The van der Waals surface area contributed by atoms with Gasteiger partial charge in [0, 0.05) is 13.2 Å². The molecule has 0 spiro atoms. The molecule has 0 fully saturated rings. The molecule has 2 rings (SSSR count). The minimum atomic E-state index is -0.0370. The van der Waals surface area contributed by atoms with E-state index in [9.17, 15) is 0 Å². The summed E-state index contributed by atoms with van der Waals surface area (Å²) in [6.07, 6.45) is -0.0370. The van der Waals surface area contributed by atoms with E-state index in [1.165, 1.54) is 11.1 Å². The van der Waals surface area contributed by atoms with E-state index in [4.69, 9.17) is 9.47 Å². The van der Waals surface area contributed by atoms with Gasteiger partial charge < -0.3 is 9.47 Å². The summed E-state index contributed by atoms with van der Waals surface area (Å²) in [7, 11) is 0. The highest BCUT2D eigenvalue weighted by atomic mass is 16.7. The Morgan fingerprint density at radius 2 is 1.05 bits per heavy atom. The molecule has 0 aliphatic carbocycles. The van der Waals surface area contributed by atoms with Crippen LogP contribution >= 0.6 is 0 Å². The maximum atomic E-state index is 5.06. The molecular formula is C18H24O2. The second-order valence-electron chi connectivity index (χ2n) is 4.21. The molecule has 0 N–H and O–H groups in total. The fraction of sp³-hybridized carbons (Fsp3) is 0.333. The Morgan fingerprint density at radius 3 is 1.35 bits per heavy atom. The van der Waals surface area contributed by atoms with Crippen molar-refractivity contribution in [2.45, 2.75) is 27.1 Å². The summed E-state index contributed by atoms with van der Waals surface area (Å²) in [5.41, 5.74) is 2.55. The average molecular weight is 272 g/mol. The smallest absolute Gasteiger partial charge is 0.154 e. The highest BCUT2D eigenvalue weighted by Gasteiger charge is 1.94. The van der Waals surface area contributed by atoms with Crippen molar-refractivity contribution in [3.8, 4) is 11.1 Å². The zero-order valence-corrected chi connectivity index (χ0v) is 12.6. The van der Waals surface area contributed by atoms with E-state index in [0.717, 1.165) is 13.2 Å². The first-order valence-corrected chi connectivity index (χ1v) is 7.11. The molecule has 108 valence electrons. The van der Waals surface area contributed by atoms with Crippen LogP contribution in [-0.2, 0) is 9.47 Å². The van der Waals surface area contributed by atoms with Gasteiger partial charge in [-0.25, -0.2) is 0 Å². The van der Waals surface area contributed by atoms with Crippen molar-refractivity contribution in [2.24, 2.45) is 0 Å². The van der Waals surface area contributed by atoms with Crippen LogP contribution in [0.2, 0.25) is 0 Å². The predicted octanol–water partition coefficient (Wildman–Crippen LogP) is 4.76. The van der Waals surface area contributed by atoms with Gasteiger partial charge in [0.1, 0.15) is 0 Å². The Bertz CT molecular complexity index is 396. The van der Waals surface area contributed by atoms with Crippen LogP contribution in [0.4, 0.5) is 0 Å². The van der Waals surface area contributed by atoms with Crippen molar-refractivity contribution in [3.63, 3.8) is 0 Å². The molecule has 2 aromatic rings. The van der Waals surface area contributed by atoms with Gasteiger partial charge in [0.05, 0.1) is 0 Å². The lowest BCUT2D eigenvalue weighted by Gasteiger charge is -2.09. The van der Waals surface area contributed by atoms with Crippen molar-refractivity contribution in [2.75, 3.05) is 13.2 Å². The molecule has 0 unspecified atom stereocenters. The average Bonchev–Trinajstić information content (AvgIpc) is 2.50. The highest BCUT2D eigenvalue weighted by molar-refractivity contribution is 5.62. The quantitative estimate of drug-likeness (QED) is 0.731. The first-order valence-electron chi connectivity index (χ1n) is 7.11. The predicted molar refractivity (Wildman–Crippen MR) is 84.6 cm³/mol. The zero-order chi connectivity index (χ0) is 14.6. The molecule has 2 nitrogen and oxygen atoms in total. The van der Waals surface area contributed by atoms with E-state index in [2.05, 4.69) is 48.5 Å². The SMILES string of the molecule is CCOC(C)OCC.c1ccc(-c2ccccc2)cc1. The Kier molecular flexibility index (Phi) is 8.36.